The van der Waals surface area contributed by atoms with Crippen LogP contribution in [0.2, 0.25) is 0 Å². The third-order valence-electron chi connectivity index (χ3n) is 4.31. The van der Waals surface area contributed by atoms with Crippen LogP contribution in [-0.2, 0) is 9.47 Å². The molecule has 2 rings (SSSR count). The van der Waals surface area contributed by atoms with Crippen molar-refractivity contribution in [2.45, 2.75) is 46.2 Å². The monoisotopic (exact) mass is 341 g/mol. The van der Waals surface area contributed by atoms with E-state index in [1.165, 1.54) is 0 Å². The largest absolute Gasteiger partial charge is 0.449 e. The molecule has 2 aliphatic rings. The Bertz CT molecular complexity index is 432. The number of carbonyl (C=O) groups is 2. The van der Waals surface area contributed by atoms with E-state index >= 15 is 0 Å². The van der Waals surface area contributed by atoms with Crippen molar-refractivity contribution in [2.24, 2.45) is 11.8 Å². The molecule has 0 aromatic rings. The Hall–Kier alpha value is -1.50. The Morgan fingerprint density at radius 3 is 1.96 bits per heavy atom. The first-order chi connectivity index (χ1) is 11.3. The summed E-state index contributed by atoms with van der Waals surface area (Å²) in [6.45, 7) is 12.0. The lowest BCUT2D eigenvalue weighted by atomic mass is 10.0. The van der Waals surface area contributed by atoms with E-state index in [1.807, 2.05) is 13.8 Å². The molecule has 0 aliphatic carbocycles. The molecule has 2 fully saturated rings. The summed E-state index contributed by atoms with van der Waals surface area (Å²) >= 11 is 0. The van der Waals surface area contributed by atoms with Crippen molar-refractivity contribution in [3.8, 4) is 0 Å². The molecule has 1 atom stereocenters. The summed E-state index contributed by atoms with van der Waals surface area (Å²) in [5.74, 6) is 1.13. The molecule has 0 saturated carbocycles. The maximum absolute atomic E-state index is 11.9. The van der Waals surface area contributed by atoms with Gasteiger partial charge in [0.25, 0.3) is 0 Å². The van der Waals surface area contributed by atoms with E-state index in [0.717, 1.165) is 26.2 Å². The van der Waals surface area contributed by atoms with Gasteiger partial charge < -0.3 is 24.6 Å². The molecule has 1 N–H and O–H groups in total. The van der Waals surface area contributed by atoms with Gasteiger partial charge in [-0.25, -0.2) is 9.59 Å². The van der Waals surface area contributed by atoms with E-state index in [0.29, 0.717) is 31.5 Å². The number of rotatable bonds is 7. The fourth-order valence-electron chi connectivity index (χ4n) is 3.03. The Morgan fingerprint density at radius 1 is 1.00 bits per heavy atom. The van der Waals surface area contributed by atoms with Gasteiger partial charge in [0.2, 0.25) is 0 Å². The van der Waals surface area contributed by atoms with Crippen LogP contribution in [0.3, 0.4) is 0 Å². The van der Waals surface area contributed by atoms with Crippen molar-refractivity contribution in [3.05, 3.63) is 0 Å². The third-order valence-corrected chi connectivity index (χ3v) is 4.31. The molecule has 0 aromatic heterocycles. The van der Waals surface area contributed by atoms with E-state index in [9.17, 15) is 9.59 Å². The van der Waals surface area contributed by atoms with Crippen LogP contribution in [0.4, 0.5) is 9.59 Å². The molecule has 0 bridgehead atoms. The quantitative estimate of drug-likeness (QED) is 0.766. The third kappa shape index (κ3) is 5.54. The number of hydrogen-bond donors (Lipinski definition) is 1. The van der Waals surface area contributed by atoms with Crippen molar-refractivity contribution in [1.82, 2.24) is 15.1 Å². The van der Waals surface area contributed by atoms with Crippen LogP contribution in [0.5, 0.6) is 0 Å². The lowest BCUT2D eigenvalue weighted by molar-refractivity contribution is 0.0421. The molecule has 0 aromatic carbocycles. The first kappa shape index (κ1) is 18.8. The van der Waals surface area contributed by atoms with Crippen LogP contribution in [0, 0.1) is 11.8 Å². The predicted octanol–water partition coefficient (Wildman–Crippen LogP) is 1.92. The molecule has 2 saturated heterocycles. The topological polar surface area (TPSA) is 71.1 Å². The highest BCUT2D eigenvalue weighted by atomic mass is 16.6. The van der Waals surface area contributed by atoms with Crippen LogP contribution in [0.1, 0.15) is 34.1 Å². The Morgan fingerprint density at radius 2 is 1.50 bits per heavy atom. The van der Waals surface area contributed by atoms with Gasteiger partial charge in [0.05, 0.1) is 6.61 Å². The van der Waals surface area contributed by atoms with Gasteiger partial charge in [0.1, 0.15) is 6.61 Å². The second-order valence-electron chi connectivity index (χ2n) is 7.52. The zero-order valence-corrected chi connectivity index (χ0v) is 15.3. The van der Waals surface area contributed by atoms with Gasteiger partial charge >= 0.3 is 12.2 Å². The van der Waals surface area contributed by atoms with Crippen LogP contribution >= 0.6 is 0 Å². The molecule has 24 heavy (non-hydrogen) atoms. The van der Waals surface area contributed by atoms with E-state index in [2.05, 4.69) is 19.2 Å². The van der Waals surface area contributed by atoms with Crippen molar-refractivity contribution >= 4 is 12.2 Å². The number of nitrogens with zero attached hydrogens (tertiary/aromatic N) is 2. The fraction of sp³-hybridized carbons (Fsp3) is 0.882. The van der Waals surface area contributed by atoms with Crippen LogP contribution in [0.15, 0.2) is 0 Å². The molecule has 2 amide bonds. The summed E-state index contributed by atoms with van der Waals surface area (Å²) in [5.41, 5.74) is 0. The Balaban J connectivity index is 1.65. The minimum Gasteiger partial charge on any atom is -0.449 e. The van der Waals surface area contributed by atoms with Crippen molar-refractivity contribution < 1.29 is 19.1 Å². The minimum absolute atomic E-state index is 0.0178. The van der Waals surface area contributed by atoms with Gasteiger partial charge in [0.15, 0.2) is 0 Å². The summed E-state index contributed by atoms with van der Waals surface area (Å²) in [5, 5.41) is 3.36. The number of carbonyl (C=O) groups excluding carboxylic acids is 2. The lowest BCUT2D eigenvalue weighted by Gasteiger charge is -2.36. The molecule has 0 radical (unpaired) electrons. The summed E-state index contributed by atoms with van der Waals surface area (Å²) in [6.07, 6.45) is 0.120. The SMILES string of the molecule is CC1CN(C(=O)OCC[C@@H](COC(=O)N2CC(C)C2)NC(C)C)C1. The number of nitrogens with one attached hydrogen (secondary N) is 1. The molecule has 7 heteroatoms. The van der Waals surface area contributed by atoms with E-state index in [4.69, 9.17) is 9.47 Å². The molecule has 0 unspecified atom stereocenters. The number of ether oxygens (including phenoxy) is 2. The molecule has 0 spiro atoms. The zero-order chi connectivity index (χ0) is 17.7. The average molecular weight is 341 g/mol. The zero-order valence-electron chi connectivity index (χ0n) is 15.3. The number of hydrogen-bond acceptors (Lipinski definition) is 5. The maximum Gasteiger partial charge on any atom is 0.409 e. The highest BCUT2D eigenvalue weighted by molar-refractivity contribution is 5.69. The van der Waals surface area contributed by atoms with Crippen LogP contribution < -0.4 is 5.32 Å². The lowest BCUT2D eigenvalue weighted by Crippen LogP contribution is -2.50. The number of amides is 2. The summed E-state index contributed by atoms with van der Waals surface area (Å²) in [7, 11) is 0. The molecular weight excluding hydrogens is 310 g/mol. The molecule has 138 valence electrons. The molecule has 2 aliphatic heterocycles. The van der Waals surface area contributed by atoms with Gasteiger partial charge in [-0.2, -0.15) is 0 Å². The smallest absolute Gasteiger partial charge is 0.409 e. The van der Waals surface area contributed by atoms with Crippen molar-refractivity contribution in [3.63, 3.8) is 0 Å². The summed E-state index contributed by atoms with van der Waals surface area (Å²) in [6, 6.07) is 0.250. The first-order valence-electron chi connectivity index (χ1n) is 8.94. The summed E-state index contributed by atoms with van der Waals surface area (Å²) in [4.78, 5) is 27.1. The van der Waals surface area contributed by atoms with E-state index < -0.39 is 0 Å². The standard InChI is InChI=1S/C17H31N3O4/c1-12(2)18-15(11-24-17(22)20-9-14(4)10-20)5-6-23-16(21)19-7-13(3)8-19/h12-15,18H,5-11H2,1-4H3/t15-/m0/s1. The van der Waals surface area contributed by atoms with Crippen LogP contribution in [0.25, 0.3) is 0 Å². The fourth-order valence-corrected chi connectivity index (χ4v) is 3.03. The van der Waals surface area contributed by atoms with Gasteiger partial charge in [-0.3, -0.25) is 0 Å². The van der Waals surface area contributed by atoms with E-state index in [1.54, 1.807) is 9.80 Å². The highest BCUT2D eigenvalue weighted by Gasteiger charge is 2.30. The minimum atomic E-state index is -0.254. The first-order valence-corrected chi connectivity index (χ1v) is 8.94. The van der Waals surface area contributed by atoms with Gasteiger partial charge in [-0.1, -0.05) is 27.7 Å². The maximum atomic E-state index is 11.9. The number of likely N-dealkylation sites (tertiary alicyclic amines) is 2. The van der Waals surface area contributed by atoms with Gasteiger partial charge in [-0.15, -0.1) is 0 Å². The van der Waals surface area contributed by atoms with E-state index in [-0.39, 0.29) is 24.3 Å². The second kappa shape index (κ2) is 8.55. The Kier molecular flexibility index (Phi) is 6.71. The molecular formula is C17H31N3O4. The second-order valence-corrected chi connectivity index (χ2v) is 7.52. The normalized spacial score (nSPS) is 19.7. The van der Waals surface area contributed by atoms with Crippen LogP contribution in [-0.4, -0.2) is 73.5 Å². The van der Waals surface area contributed by atoms with Crippen molar-refractivity contribution in [1.29, 1.82) is 0 Å². The predicted molar refractivity (Wildman–Crippen MR) is 90.8 cm³/mol. The van der Waals surface area contributed by atoms with Crippen molar-refractivity contribution in [2.75, 3.05) is 39.4 Å². The van der Waals surface area contributed by atoms with Gasteiger partial charge in [-0.05, 0) is 11.8 Å². The average Bonchev–Trinajstić information content (AvgIpc) is 2.45. The molecule has 7 nitrogen and oxygen atoms in total. The highest BCUT2D eigenvalue weighted by Crippen LogP contribution is 2.16. The van der Waals surface area contributed by atoms with Gasteiger partial charge in [0, 0.05) is 44.7 Å². The summed E-state index contributed by atoms with van der Waals surface area (Å²) < 4.78 is 10.7. The molecule has 2 heterocycles. The Labute approximate surface area is 144 Å².